The predicted octanol–water partition coefficient (Wildman–Crippen LogP) is 2.76. The molecular weight excluding hydrogens is 246 g/mol. The van der Waals surface area contributed by atoms with E-state index in [1.807, 2.05) is 43.1 Å². The van der Waals surface area contributed by atoms with Crippen molar-refractivity contribution in [3.8, 4) is 5.75 Å². The molecule has 0 fully saturated rings. The first-order chi connectivity index (χ1) is 8.69. The van der Waals surface area contributed by atoms with Crippen molar-refractivity contribution in [2.24, 2.45) is 0 Å². The van der Waals surface area contributed by atoms with Gasteiger partial charge in [-0.25, -0.2) is 4.98 Å². The molecule has 0 radical (unpaired) electrons. The van der Waals surface area contributed by atoms with Crippen molar-refractivity contribution in [3.05, 3.63) is 34.8 Å². The summed E-state index contributed by atoms with van der Waals surface area (Å²) in [5, 5.41) is 2.05. The van der Waals surface area contributed by atoms with Crippen LogP contribution in [0.5, 0.6) is 5.75 Å². The monoisotopic (exact) mass is 263 g/mol. The molecule has 0 unspecified atom stereocenters. The molecule has 18 heavy (non-hydrogen) atoms. The van der Waals surface area contributed by atoms with Gasteiger partial charge < -0.3 is 15.4 Å². The van der Waals surface area contributed by atoms with Gasteiger partial charge in [-0.05, 0) is 13.0 Å². The van der Waals surface area contributed by atoms with Crippen LogP contribution in [0.2, 0.25) is 0 Å². The Bertz CT molecular complexity index is 499. The molecule has 1 aromatic heterocycles. The Labute approximate surface area is 111 Å². The van der Waals surface area contributed by atoms with E-state index in [9.17, 15) is 0 Å². The third-order valence-electron chi connectivity index (χ3n) is 2.55. The van der Waals surface area contributed by atoms with Gasteiger partial charge in [0.1, 0.15) is 5.75 Å². The Kier molecular flexibility index (Phi) is 4.04. The van der Waals surface area contributed by atoms with Crippen LogP contribution in [0.1, 0.15) is 12.6 Å². The Balaban J connectivity index is 2.16. The number of hydrogen-bond donors (Lipinski definition) is 1. The van der Waals surface area contributed by atoms with E-state index < -0.39 is 0 Å². The maximum absolute atomic E-state index is 5.88. The topological polar surface area (TPSA) is 51.4 Å². The number of ether oxygens (including phenoxy) is 1. The second-order valence-corrected chi connectivity index (χ2v) is 4.75. The first-order valence-corrected chi connectivity index (χ1v) is 6.75. The van der Waals surface area contributed by atoms with Crippen LogP contribution in [-0.2, 0) is 6.54 Å². The van der Waals surface area contributed by atoms with Crippen molar-refractivity contribution in [2.75, 3.05) is 24.3 Å². The minimum absolute atomic E-state index is 0.638. The summed E-state index contributed by atoms with van der Waals surface area (Å²) < 4.78 is 5.49. The number of rotatable bonds is 5. The molecule has 1 aromatic carbocycles. The molecule has 0 atom stereocenters. The summed E-state index contributed by atoms with van der Waals surface area (Å²) in [6.07, 6.45) is 0. The molecule has 4 nitrogen and oxygen atoms in total. The van der Waals surface area contributed by atoms with E-state index in [0.29, 0.717) is 12.3 Å². The van der Waals surface area contributed by atoms with Gasteiger partial charge in [0.25, 0.3) is 0 Å². The smallest absolute Gasteiger partial charge is 0.123 e. The van der Waals surface area contributed by atoms with Crippen molar-refractivity contribution in [3.63, 3.8) is 0 Å². The van der Waals surface area contributed by atoms with E-state index in [1.165, 1.54) is 0 Å². The molecule has 2 aromatic rings. The summed E-state index contributed by atoms with van der Waals surface area (Å²) in [6, 6.07) is 5.77. The first-order valence-electron chi connectivity index (χ1n) is 5.80. The van der Waals surface area contributed by atoms with E-state index >= 15 is 0 Å². The standard InChI is InChI=1S/C13H17N3OS/c1-3-17-13-5-10(14)4-12(6-13)16(2)7-11-8-18-9-15-11/h4-6,8-9H,3,7,14H2,1-2H3. The lowest BCUT2D eigenvalue weighted by Gasteiger charge is -2.19. The number of hydrogen-bond acceptors (Lipinski definition) is 5. The zero-order valence-corrected chi connectivity index (χ0v) is 11.4. The average Bonchev–Trinajstić information content (AvgIpc) is 2.81. The fourth-order valence-electron chi connectivity index (χ4n) is 1.73. The van der Waals surface area contributed by atoms with Crippen molar-refractivity contribution in [1.29, 1.82) is 0 Å². The third kappa shape index (κ3) is 3.13. The molecule has 0 spiro atoms. The molecule has 2 rings (SSSR count). The summed E-state index contributed by atoms with van der Waals surface area (Å²) >= 11 is 1.60. The molecular formula is C13H17N3OS. The second kappa shape index (κ2) is 5.73. The Morgan fingerprint density at radius 2 is 2.22 bits per heavy atom. The Morgan fingerprint density at radius 3 is 2.89 bits per heavy atom. The van der Waals surface area contributed by atoms with Gasteiger partial charge in [0, 0.05) is 35.9 Å². The first kappa shape index (κ1) is 12.7. The molecule has 1 heterocycles. The summed E-state index contributed by atoms with van der Waals surface area (Å²) in [5.41, 5.74) is 10.5. The Hall–Kier alpha value is -1.75. The van der Waals surface area contributed by atoms with E-state index in [-0.39, 0.29) is 0 Å². The lowest BCUT2D eigenvalue weighted by atomic mass is 10.2. The number of nitrogens with two attached hydrogens (primary N) is 1. The molecule has 0 aliphatic carbocycles. The molecule has 96 valence electrons. The molecule has 0 amide bonds. The number of nitrogen functional groups attached to an aromatic ring is 1. The fourth-order valence-corrected chi connectivity index (χ4v) is 2.28. The van der Waals surface area contributed by atoms with Gasteiger partial charge >= 0.3 is 0 Å². The fraction of sp³-hybridized carbons (Fsp3) is 0.308. The van der Waals surface area contributed by atoms with Crippen molar-refractivity contribution in [1.82, 2.24) is 4.98 Å². The number of benzene rings is 1. The van der Waals surface area contributed by atoms with E-state index in [0.717, 1.165) is 23.7 Å². The van der Waals surface area contributed by atoms with Gasteiger partial charge in [0.05, 0.1) is 24.4 Å². The highest BCUT2D eigenvalue weighted by molar-refractivity contribution is 7.07. The SMILES string of the molecule is CCOc1cc(N)cc(N(C)Cc2cscn2)c1. The van der Waals surface area contributed by atoms with Crippen LogP contribution < -0.4 is 15.4 Å². The minimum atomic E-state index is 0.638. The van der Waals surface area contributed by atoms with Crippen LogP contribution in [0.3, 0.4) is 0 Å². The van der Waals surface area contributed by atoms with E-state index in [4.69, 9.17) is 10.5 Å². The van der Waals surface area contributed by atoms with Crippen LogP contribution in [-0.4, -0.2) is 18.6 Å². The lowest BCUT2D eigenvalue weighted by molar-refractivity contribution is 0.340. The zero-order valence-electron chi connectivity index (χ0n) is 10.6. The maximum Gasteiger partial charge on any atom is 0.123 e. The molecule has 0 saturated heterocycles. The average molecular weight is 263 g/mol. The molecule has 2 N–H and O–H groups in total. The van der Waals surface area contributed by atoms with Crippen molar-refractivity contribution >= 4 is 22.7 Å². The number of thiazole rings is 1. The predicted molar refractivity (Wildman–Crippen MR) is 76.2 cm³/mol. The maximum atomic E-state index is 5.88. The van der Waals surface area contributed by atoms with Gasteiger partial charge in [0.2, 0.25) is 0 Å². The highest BCUT2D eigenvalue weighted by Crippen LogP contribution is 2.25. The minimum Gasteiger partial charge on any atom is -0.494 e. The van der Waals surface area contributed by atoms with Crippen molar-refractivity contribution < 1.29 is 4.74 Å². The zero-order chi connectivity index (χ0) is 13.0. The van der Waals surface area contributed by atoms with Crippen LogP contribution in [0, 0.1) is 0 Å². The number of anilines is 2. The molecule has 0 bridgehead atoms. The summed E-state index contributed by atoms with van der Waals surface area (Å²) in [4.78, 5) is 6.38. The van der Waals surface area contributed by atoms with E-state index in [2.05, 4.69) is 9.88 Å². The summed E-state index contributed by atoms with van der Waals surface area (Å²) in [5.74, 6) is 0.803. The van der Waals surface area contributed by atoms with Gasteiger partial charge in [0.15, 0.2) is 0 Å². The van der Waals surface area contributed by atoms with Gasteiger partial charge in [-0.3, -0.25) is 0 Å². The quantitative estimate of drug-likeness (QED) is 0.843. The van der Waals surface area contributed by atoms with Gasteiger partial charge in [-0.2, -0.15) is 0 Å². The highest BCUT2D eigenvalue weighted by Gasteiger charge is 2.06. The molecule has 0 aliphatic heterocycles. The van der Waals surface area contributed by atoms with Gasteiger partial charge in [-0.15, -0.1) is 11.3 Å². The summed E-state index contributed by atoms with van der Waals surface area (Å²) in [7, 11) is 2.02. The van der Waals surface area contributed by atoms with Crippen LogP contribution in [0.15, 0.2) is 29.1 Å². The second-order valence-electron chi connectivity index (χ2n) is 4.03. The lowest BCUT2D eigenvalue weighted by Crippen LogP contribution is -2.16. The highest BCUT2D eigenvalue weighted by atomic mass is 32.1. The molecule has 0 saturated carbocycles. The van der Waals surface area contributed by atoms with Crippen LogP contribution >= 0.6 is 11.3 Å². The number of nitrogens with zero attached hydrogens (tertiary/aromatic N) is 2. The van der Waals surface area contributed by atoms with Crippen molar-refractivity contribution in [2.45, 2.75) is 13.5 Å². The Morgan fingerprint density at radius 1 is 1.39 bits per heavy atom. The largest absolute Gasteiger partial charge is 0.494 e. The summed E-state index contributed by atoms with van der Waals surface area (Å²) in [6.45, 7) is 3.36. The van der Waals surface area contributed by atoms with Gasteiger partial charge in [-0.1, -0.05) is 0 Å². The number of aromatic nitrogens is 1. The normalized spacial score (nSPS) is 10.3. The third-order valence-corrected chi connectivity index (χ3v) is 3.18. The van der Waals surface area contributed by atoms with Crippen LogP contribution in [0.25, 0.3) is 0 Å². The van der Waals surface area contributed by atoms with Crippen LogP contribution in [0.4, 0.5) is 11.4 Å². The van der Waals surface area contributed by atoms with E-state index in [1.54, 1.807) is 11.3 Å². The molecule has 5 heteroatoms. The molecule has 0 aliphatic rings.